The van der Waals surface area contributed by atoms with Crippen molar-refractivity contribution in [2.75, 3.05) is 33.1 Å². The van der Waals surface area contributed by atoms with Crippen LogP contribution in [0.3, 0.4) is 0 Å². The highest BCUT2D eigenvalue weighted by molar-refractivity contribution is 8.00. The Morgan fingerprint density at radius 2 is 1.37 bits per heavy atom. The number of thioether (sulfide) groups is 1. The fourth-order valence-electron chi connectivity index (χ4n) is 4.22. The molecule has 0 aromatic rings. The fraction of sp³-hybridized carbons (Fsp3) is 0.459. The van der Waals surface area contributed by atoms with Crippen LogP contribution in [0, 0.1) is 0 Å². The van der Waals surface area contributed by atoms with E-state index in [1.165, 1.54) is 0 Å². The van der Waals surface area contributed by atoms with Crippen molar-refractivity contribution in [2.24, 2.45) is 0 Å². The first-order valence-electron chi connectivity index (χ1n) is 16.5. The predicted molar refractivity (Wildman–Crippen MR) is 193 cm³/mol. The number of allylic oxidation sites excluding steroid dienone is 12. The first kappa shape index (κ1) is 42.6. The van der Waals surface area contributed by atoms with Crippen molar-refractivity contribution in [3.05, 3.63) is 85.1 Å². The minimum absolute atomic E-state index is 0.0344. The highest BCUT2D eigenvalue weighted by Crippen LogP contribution is 2.25. The van der Waals surface area contributed by atoms with Crippen LogP contribution in [-0.4, -0.2) is 84.8 Å². The molecule has 0 aromatic carbocycles. The Morgan fingerprint density at radius 1 is 0.816 bits per heavy atom. The maximum atomic E-state index is 12.8. The summed E-state index contributed by atoms with van der Waals surface area (Å²) < 4.78 is 9.13. The topological polar surface area (TPSA) is 148 Å². The van der Waals surface area contributed by atoms with Crippen molar-refractivity contribution < 1.29 is 38.2 Å². The number of esters is 2. The van der Waals surface area contributed by atoms with Gasteiger partial charge in [-0.3, -0.25) is 24.1 Å². The van der Waals surface area contributed by atoms with E-state index in [1.807, 2.05) is 12.2 Å². The lowest BCUT2D eigenvalue weighted by molar-refractivity contribution is -0.144. The van der Waals surface area contributed by atoms with Crippen LogP contribution in [0.1, 0.15) is 64.7 Å². The number of methoxy groups -OCH3 is 2. The van der Waals surface area contributed by atoms with Crippen molar-refractivity contribution in [1.82, 2.24) is 15.5 Å². The van der Waals surface area contributed by atoms with E-state index in [-0.39, 0.29) is 43.5 Å². The van der Waals surface area contributed by atoms with E-state index in [2.05, 4.69) is 83.1 Å². The summed E-state index contributed by atoms with van der Waals surface area (Å²) in [7, 11) is 2.31. The summed E-state index contributed by atoms with van der Waals surface area (Å²) in [4.78, 5) is 73.9. The molecule has 0 aliphatic carbocycles. The standard InChI is InChI=1S/C37H51N3O8S/c1-4-5-6-7-8-9-10-11-12-13-14-15-16-17-18-19-20-21-22-23-32(41)38-26-27-40-34(43)28-31(36(40)45)49-29-30(37(46)48-3)39-33(42)24-25-35(44)47-2/h5-6,8-9,11-12,14-15,17-18,20-21,24-25,30-31H,4,7,10,13,16,19,22-23,26-29H2,1-3H3,(H,38,41)(H,39,42)/b6-5-,9-8-,12-11-,15-14-,18-17-,21-20-,25-24+/t30?,31-/m1/s1. The lowest BCUT2D eigenvalue weighted by Gasteiger charge is -2.18. The average Bonchev–Trinajstić information content (AvgIpc) is 3.37. The molecular formula is C37H51N3O8S. The molecule has 0 spiro atoms. The van der Waals surface area contributed by atoms with Gasteiger partial charge in [0.2, 0.25) is 23.6 Å². The molecule has 1 fully saturated rings. The van der Waals surface area contributed by atoms with Crippen LogP contribution >= 0.6 is 11.8 Å². The van der Waals surface area contributed by atoms with Gasteiger partial charge in [-0.2, -0.15) is 0 Å². The van der Waals surface area contributed by atoms with Gasteiger partial charge in [-0.1, -0.05) is 79.8 Å². The van der Waals surface area contributed by atoms with Crippen LogP contribution in [0.2, 0.25) is 0 Å². The van der Waals surface area contributed by atoms with Crippen molar-refractivity contribution >= 4 is 47.3 Å². The highest BCUT2D eigenvalue weighted by atomic mass is 32.2. The number of carbonyl (C=O) groups is 6. The van der Waals surface area contributed by atoms with Gasteiger partial charge in [-0.15, -0.1) is 11.8 Å². The third-order valence-electron chi connectivity index (χ3n) is 6.83. The summed E-state index contributed by atoms with van der Waals surface area (Å²) in [6, 6.07) is -1.11. The van der Waals surface area contributed by atoms with Crippen LogP contribution < -0.4 is 10.6 Å². The van der Waals surface area contributed by atoms with E-state index < -0.39 is 35.0 Å². The first-order chi connectivity index (χ1) is 23.7. The Labute approximate surface area is 294 Å². The van der Waals surface area contributed by atoms with Crippen molar-refractivity contribution in [2.45, 2.75) is 76.0 Å². The zero-order valence-corrected chi connectivity index (χ0v) is 29.7. The minimum atomic E-state index is -1.11. The lowest BCUT2D eigenvalue weighted by atomic mass is 10.2. The molecule has 1 unspecified atom stereocenters. The molecule has 268 valence electrons. The van der Waals surface area contributed by atoms with Crippen molar-refractivity contribution in [3.8, 4) is 0 Å². The quantitative estimate of drug-likeness (QED) is 0.0627. The molecule has 4 amide bonds. The second kappa shape index (κ2) is 27.5. The Bertz CT molecular complexity index is 1280. The largest absolute Gasteiger partial charge is 0.467 e. The highest BCUT2D eigenvalue weighted by Gasteiger charge is 2.39. The number of hydrogen-bond donors (Lipinski definition) is 2. The van der Waals surface area contributed by atoms with Gasteiger partial charge in [0.05, 0.1) is 19.5 Å². The van der Waals surface area contributed by atoms with E-state index in [0.29, 0.717) is 6.42 Å². The monoisotopic (exact) mass is 697 g/mol. The third-order valence-corrected chi connectivity index (χ3v) is 8.13. The van der Waals surface area contributed by atoms with Gasteiger partial charge in [0.15, 0.2) is 0 Å². The summed E-state index contributed by atoms with van der Waals surface area (Å²) in [6.07, 6.45) is 33.7. The summed E-state index contributed by atoms with van der Waals surface area (Å²) >= 11 is 1.04. The lowest BCUT2D eigenvalue weighted by Crippen LogP contribution is -2.43. The molecule has 1 heterocycles. The first-order valence-corrected chi connectivity index (χ1v) is 17.5. The molecule has 11 nitrogen and oxygen atoms in total. The maximum Gasteiger partial charge on any atom is 0.330 e. The molecule has 12 heteroatoms. The minimum Gasteiger partial charge on any atom is -0.467 e. The summed E-state index contributed by atoms with van der Waals surface area (Å²) in [5.74, 6) is -3.23. The summed E-state index contributed by atoms with van der Waals surface area (Å²) in [5, 5.41) is 4.40. The van der Waals surface area contributed by atoms with Gasteiger partial charge in [0.25, 0.3) is 0 Å². The van der Waals surface area contributed by atoms with Crippen LogP contribution in [0.15, 0.2) is 85.1 Å². The van der Waals surface area contributed by atoms with E-state index in [1.54, 1.807) is 0 Å². The Hall–Kier alpha value is -4.45. The van der Waals surface area contributed by atoms with Gasteiger partial charge >= 0.3 is 11.9 Å². The number of carbonyl (C=O) groups excluding carboxylic acids is 6. The molecule has 49 heavy (non-hydrogen) atoms. The second-order valence-electron chi connectivity index (χ2n) is 10.7. The van der Waals surface area contributed by atoms with Crippen LogP contribution in [0.25, 0.3) is 0 Å². The molecule has 0 radical (unpaired) electrons. The number of likely N-dealkylation sites (tertiary alicyclic amines) is 1. The number of nitrogens with one attached hydrogen (secondary N) is 2. The Balaban J connectivity index is 2.26. The number of nitrogens with zero attached hydrogens (tertiary/aromatic N) is 1. The number of hydrogen-bond acceptors (Lipinski definition) is 9. The fourth-order valence-corrected chi connectivity index (χ4v) is 5.40. The van der Waals surface area contributed by atoms with Gasteiger partial charge in [-0.25, -0.2) is 9.59 Å². The van der Waals surface area contributed by atoms with Gasteiger partial charge in [-0.05, 0) is 44.9 Å². The zero-order chi connectivity index (χ0) is 36.1. The summed E-state index contributed by atoms with van der Waals surface area (Å²) in [5.41, 5.74) is 0. The van der Waals surface area contributed by atoms with Crippen LogP contribution in [0.4, 0.5) is 0 Å². The van der Waals surface area contributed by atoms with E-state index in [4.69, 9.17) is 4.74 Å². The molecule has 1 rings (SSSR count). The second-order valence-corrected chi connectivity index (χ2v) is 11.9. The molecular weight excluding hydrogens is 646 g/mol. The Kier molecular flexibility index (Phi) is 23.9. The Morgan fingerprint density at radius 3 is 1.90 bits per heavy atom. The normalized spacial score (nSPS) is 16.1. The summed E-state index contributed by atoms with van der Waals surface area (Å²) in [6.45, 7) is 2.30. The molecule has 1 saturated heterocycles. The average molecular weight is 698 g/mol. The van der Waals surface area contributed by atoms with Crippen molar-refractivity contribution in [1.29, 1.82) is 0 Å². The zero-order valence-electron chi connectivity index (χ0n) is 28.8. The van der Waals surface area contributed by atoms with E-state index in [9.17, 15) is 28.8 Å². The van der Waals surface area contributed by atoms with Crippen LogP contribution in [0.5, 0.6) is 0 Å². The molecule has 2 N–H and O–H groups in total. The van der Waals surface area contributed by atoms with Gasteiger partial charge in [0, 0.05) is 43.8 Å². The number of amides is 4. The third kappa shape index (κ3) is 20.5. The van der Waals surface area contributed by atoms with E-state index in [0.717, 1.165) is 81.6 Å². The van der Waals surface area contributed by atoms with Crippen molar-refractivity contribution in [3.63, 3.8) is 0 Å². The molecule has 0 saturated carbocycles. The maximum absolute atomic E-state index is 12.8. The molecule has 0 bridgehead atoms. The van der Waals surface area contributed by atoms with Gasteiger partial charge in [0.1, 0.15) is 6.04 Å². The van der Waals surface area contributed by atoms with E-state index >= 15 is 0 Å². The molecule has 1 aliphatic heterocycles. The van der Waals surface area contributed by atoms with Crippen LogP contribution in [-0.2, 0) is 38.2 Å². The number of rotatable bonds is 24. The molecule has 2 atom stereocenters. The predicted octanol–water partition coefficient (Wildman–Crippen LogP) is 4.83. The number of ether oxygens (including phenoxy) is 2. The van der Waals surface area contributed by atoms with Gasteiger partial charge < -0.3 is 20.1 Å². The number of imide groups is 1. The SMILES string of the molecule is CC/C=C\C/C=C\C/C=C\C/C=C\C/C=C\C/C=C\CCC(=O)NCCN1C(=O)C[C@@H](SCC(NC(=O)/C=C/C(=O)OC)C(=O)OC)C1=O. The smallest absolute Gasteiger partial charge is 0.330 e. The molecule has 1 aliphatic rings. The molecule has 0 aromatic heterocycles.